The van der Waals surface area contributed by atoms with Gasteiger partial charge < -0.3 is 51.7 Å². The summed E-state index contributed by atoms with van der Waals surface area (Å²) in [6.07, 6.45) is -0.658. The number of tetrazole rings is 1. The summed E-state index contributed by atoms with van der Waals surface area (Å²) in [5.74, 6) is -0.232. The molecular weight excluding hydrogens is 933 g/mol. The molecule has 1 saturated carbocycles. The van der Waals surface area contributed by atoms with Gasteiger partial charge in [0.05, 0.1) is 46.2 Å². The van der Waals surface area contributed by atoms with Crippen LogP contribution in [-0.4, -0.2) is 158 Å². The van der Waals surface area contributed by atoms with Crippen molar-refractivity contribution in [1.82, 2.24) is 30.2 Å². The molecule has 380 valence electrons. The number of hydrogen-bond acceptors (Lipinski definition) is 20. The lowest BCUT2D eigenvalue weighted by molar-refractivity contribution is -0.199. The van der Waals surface area contributed by atoms with E-state index in [1.54, 1.807) is 46.6 Å². The number of hydrogen-bond donors (Lipinski definition) is 0. The van der Waals surface area contributed by atoms with Crippen molar-refractivity contribution in [3.63, 3.8) is 0 Å². The average Bonchev–Trinajstić information content (AvgIpc) is 4.05. The van der Waals surface area contributed by atoms with Crippen LogP contribution >= 0.6 is 19.2 Å². The lowest BCUT2D eigenvalue weighted by Gasteiger charge is -2.39. The van der Waals surface area contributed by atoms with E-state index in [0.717, 1.165) is 31.7 Å². The molecule has 3 fully saturated rings. The van der Waals surface area contributed by atoms with E-state index in [0.29, 0.717) is 18.0 Å². The molecule has 3 aliphatic rings. The Hall–Kier alpha value is -2.77. The van der Waals surface area contributed by atoms with E-state index in [9.17, 15) is 4.79 Å². The number of carbonyl (C=O) groups excluding carboxylic acids is 1. The number of fused-ring (bicyclic) bond motifs is 1. The third kappa shape index (κ3) is 14.4. The molecule has 5 rings (SSSR count). The molecular formula is C42H73ClN9O13PSi. The molecule has 0 aromatic carbocycles. The number of amides is 1. The minimum atomic E-state index is -4.25. The molecule has 2 saturated heterocycles. The highest BCUT2D eigenvalue weighted by molar-refractivity contribution is 7.55. The summed E-state index contributed by atoms with van der Waals surface area (Å²) in [7, 11) is -4.03. The first-order valence-electron chi connectivity index (χ1n) is 22.9. The van der Waals surface area contributed by atoms with Gasteiger partial charge in [0.25, 0.3) is 0 Å². The third-order valence-electron chi connectivity index (χ3n) is 11.1. The molecule has 2 aromatic heterocycles. The predicted octanol–water partition coefficient (Wildman–Crippen LogP) is 6.95. The first kappa shape index (κ1) is 55.2. The summed E-state index contributed by atoms with van der Waals surface area (Å²) in [4.78, 5) is 24.6. The first-order chi connectivity index (χ1) is 31.6. The van der Waals surface area contributed by atoms with Crippen LogP contribution in [0.15, 0.2) is 5.10 Å². The lowest BCUT2D eigenvalue weighted by Crippen LogP contribution is -2.47. The Labute approximate surface area is 400 Å². The molecule has 22 nitrogen and oxygen atoms in total. The van der Waals surface area contributed by atoms with E-state index in [4.69, 9.17) is 63.3 Å². The maximum absolute atomic E-state index is 15.1. The van der Waals surface area contributed by atoms with Crippen LogP contribution in [0.25, 0.3) is 0 Å². The number of aromatic nitrogens is 6. The minimum Gasteiger partial charge on any atom is -0.443 e. The van der Waals surface area contributed by atoms with Crippen LogP contribution in [0, 0.1) is 6.92 Å². The van der Waals surface area contributed by atoms with E-state index < -0.39 is 63.0 Å². The SMILES string of the molecule is C=NN(c1nc(Cl)nc(N(C(=O)OC(C)(C)C)C2CCCC2)c1C)[C@@H]1O[C@H](CO[C@](COCCOC)(COCc2nnnn2COCC[Si](C)(C)C)P(=O)(OCC)OCC)[C@H]2OC(C)(C)O[C@H]21. The largest absolute Gasteiger partial charge is 0.443 e. The molecule has 0 bridgehead atoms. The molecule has 67 heavy (non-hydrogen) atoms. The highest BCUT2D eigenvalue weighted by Gasteiger charge is 2.60. The highest BCUT2D eigenvalue weighted by atomic mass is 35.5. The number of rotatable bonds is 27. The zero-order valence-corrected chi connectivity index (χ0v) is 44.0. The Balaban J connectivity index is 1.47. The summed E-state index contributed by atoms with van der Waals surface area (Å²) >= 11 is 6.68. The van der Waals surface area contributed by atoms with Crippen molar-refractivity contribution in [2.75, 3.05) is 69.9 Å². The van der Waals surface area contributed by atoms with E-state index >= 15 is 4.57 Å². The van der Waals surface area contributed by atoms with Crippen LogP contribution in [0.4, 0.5) is 16.4 Å². The van der Waals surface area contributed by atoms with Crippen molar-refractivity contribution in [3.8, 4) is 0 Å². The van der Waals surface area contributed by atoms with Gasteiger partial charge in [-0.05, 0) is 96.3 Å². The van der Waals surface area contributed by atoms with Crippen molar-refractivity contribution in [2.24, 2.45) is 5.10 Å². The molecule has 5 atom stereocenters. The Morgan fingerprint density at radius 1 is 1.00 bits per heavy atom. The van der Waals surface area contributed by atoms with Gasteiger partial charge in [-0.2, -0.15) is 15.1 Å². The quantitative estimate of drug-likeness (QED) is 0.0220. The molecule has 0 radical (unpaired) electrons. The second-order valence-electron chi connectivity index (χ2n) is 19.2. The third-order valence-corrected chi connectivity index (χ3v) is 15.5. The Bertz CT molecular complexity index is 1960. The normalized spacial score (nSPS) is 21.9. The second-order valence-corrected chi connectivity index (χ2v) is 27.5. The van der Waals surface area contributed by atoms with Crippen molar-refractivity contribution in [3.05, 3.63) is 16.7 Å². The van der Waals surface area contributed by atoms with Crippen molar-refractivity contribution >= 4 is 51.7 Å². The van der Waals surface area contributed by atoms with Crippen LogP contribution in [-0.2, 0) is 69.6 Å². The molecule has 4 heterocycles. The molecule has 0 unspecified atom stereocenters. The summed E-state index contributed by atoms with van der Waals surface area (Å²) in [6, 6.07) is 0.793. The van der Waals surface area contributed by atoms with Crippen LogP contribution in [0.2, 0.25) is 31.0 Å². The molecule has 2 aliphatic heterocycles. The zero-order chi connectivity index (χ0) is 49.2. The highest BCUT2D eigenvalue weighted by Crippen LogP contribution is 2.61. The van der Waals surface area contributed by atoms with Crippen LogP contribution in [0.3, 0.4) is 0 Å². The molecule has 2 aromatic rings. The fourth-order valence-electron chi connectivity index (χ4n) is 7.91. The predicted molar refractivity (Wildman–Crippen MR) is 251 cm³/mol. The zero-order valence-electron chi connectivity index (χ0n) is 41.4. The molecule has 25 heteroatoms. The number of carbonyl (C=O) groups is 1. The van der Waals surface area contributed by atoms with E-state index in [1.165, 1.54) is 9.69 Å². The van der Waals surface area contributed by atoms with Gasteiger partial charge in [0.15, 0.2) is 23.7 Å². The van der Waals surface area contributed by atoms with Crippen molar-refractivity contribution in [2.45, 2.75) is 167 Å². The summed E-state index contributed by atoms with van der Waals surface area (Å²) < 4.78 is 84.4. The summed E-state index contributed by atoms with van der Waals surface area (Å²) in [5, 5.41) is 15.9. The standard InChI is InChI=1S/C42H73ClN9O13PSi/c1-14-60-66(54,61-15-2)42(26-56-21-20-55-10,27-58-25-32-47-48-49-50(32)28-57-22-23-67(11,12)13)59-24-31-33-34(64-41(7,8)63-33)37(62-31)52(44-9)36-29(3)35(45-38(43)46-36)51(30-18-16-17-19-30)39(53)65-40(4,5)6/h30-31,33-34,37H,9,14-28H2,1-8,10-13H3/t31-,33-,34-,37-,42+/m1/s1. The molecule has 1 aliphatic carbocycles. The van der Waals surface area contributed by atoms with Gasteiger partial charge in [0, 0.05) is 40.1 Å². The van der Waals surface area contributed by atoms with E-state index in [2.05, 4.69) is 57.0 Å². The Morgan fingerprint density at radius 3 is 2.28 bits per heavy atom. The van der Waals surface area contributed by atoms with Crippen molar-refractivity contribution in [1.29, 1.82) is 0 Å². The van der Waals surface area contributed by atoms with Gasteiger partial charge in [-0.3, -0.25) is 9.46 Å². The van der Waals surface area contributed by atoms with Gasteiger partial charge in [-0.1, -0.05) is 32.5 Å². The monoisotopic (exact) mass is 1010 g/mol. The fraction of sp³-hybridized carbons (Fsp3) is 0.833. The van der Waals surface area contributed by atoms with E-state index in [1.807, 2.05) is 20.8 Å². The minimum absolute atomic E-state index is 0.0141. The topological polar surface area (TPSA) is 224 Å². The van der Waals surface area contributed by atoms with Crippen LogP contribution < -0.4 is 9.91 Å². The summed E-state index contributed by atoms with van der Waals surface area (Å²) in [6.45, 7) is 24.9. The second kappa shape index (κ2) is 23.9. The molecule has 1 amide bonds. The average molecular weight is 1010 g/mol. The Kier molecular flexibility index (Phi) is 19.7. The maximum Gasteiger partial charge on any atom is 0.416 e. The van der Waals surface area contributed by atoms with Gasteiger partial charge >= 0.3 is 13.7 Å². The van der Waals surface area contributed by atoms with Gasteiger partial charge in [-0.15, -0.1) is 5.10 Å². The van der Waals surface area contributed by atoms with Gasteiger partial charge in [0.2, 0.25) is 10.6 Å². The van der Waals surface area contributed by atoms with Gasteiger partial charge in [-0.25, -0.2) is 14.5 Å². The Morgan fingerprint density at radius 2 is 1.66 bits per heavy atom. The smallest absolute Gasteiger partial charge is 0.416 e. The maximum atomic E-state index is 15.1. The van der Waals surface area contributed by atoms with E-state index in [-0.39, 0.29) is 82.5 Å². The van der Waals surface area contributed by atoms with Crippen LogP contribution in [0.1, 0.15) is 85.5 Å². The number of methoxy groups -OCH3 is 1. The summed E-state index contributed by atoms with van der Waals surface area (Å²) in [5.41, 5.74) is -0.304. The number of hydrazone groups is 1. The number of ether oxygens (including phenoxy) is 9. The van der Waals surface area contributed by atoms with Gasteiger partial charge in [0.1, 0.15) is 43.1 Å². The molecule has 0 N–H and O–H groups in total. The fourth-order valence-corrected chi connectivity index (χ4v) is 10.8. The first-order valence-corrected chi connectivity index (χ1v) is 28.6. The number of nitrogens with zero attached hydrogens (tertiary/aromatic N) is 9. The molecule has 0 spiro atoms. The number of anilines is 2. The lowest BCUT2D eigenvalue weighted by atomic mass is 10.1. The van der Waals surface area contributed by atoms with Crippen LogP contribution in [0.5, 0.6) is 0 Å². The number of halogens is 1. The van der Waals surface area contributed by atoms with Crippen molar-refractivity contribution < 1.29 is 61.0 Å².